The number of carbonyl (C=O) groups is 1. The third-order valence-corrected chi connectivity index (χ3v) is 3.83. The topological polar surface area (TPSA) is 78.9 Å². The molecule has 0 radical (unpaired) electrons. The molecule has 0 saturated heterocycles. The number of benzene rings is 1. The van der Waals surface area contributed by atoms with Crippen LogP contribution in [-0.2, 0) is 10.2 Å². The van der Waals surface area contributed by atoms with Crippen LogP contribution >= 0.6 is 0 Å². The first-order valence-corrected chi connectivity index (χ1v) is 7.71. The van der Waals surface area contributed by atoms with Crippen molar-refractivity contribution < 1.29 is 9.90 Å². The summed E-state index contributed by atoms with van der Waals surface area (Å²) < 4.78 is 0. The first-order chi connectivity index (χ1) is 11.3. The number of nitrogens with zero attached hydrogens (tertiary/aromatic N) is 2. The van der Waals surface area contributed by atoms with Crippen molar-refractivity contribution in [3.05, 3.63) is 53.7 Å². The van der Waals surface area contributed by atoms with E-state index in [-0.39, 0.29) is 5.41 Å². The van der Waals surface area contributed by atoms with Gasteiger partial charge in [-0.3, -0.25) is 0 Å². The molecule has 24 heavy (non-hydrogen) atoms. The van der Waals surface area contributed by atoms with E-state index in [0.29, 0.717) is 11.3 Å². The van der Waals surface area contributed by atoms with Crippen LogP contribution in [0.1, 0.15) is 32.0 Å². The van der Waals surface area contributed by atoms with E-state index in [2.05, 4.69) is 54.2 Å². The number of aromatic amines is 1. The molecule has 5 nitrogen and oxygen atoms in total. The number of aromatic nitrogens is 3. The molecule has 0 spiro atoms. The van der Waals surface area contributed by atoms with Crippen molar-refractivity contribution in [2.75, 3.05) is 0 Å². The molecule has 0 aliphatic rings. The summed E-state index contributed by atoms with van der Waals surface area (Å²) in [5, 5.41) is 17.7. The zero-order valence-corrected chi connectivity index (χ0v) is 13.9. The Morgan fingerprint density at radius 2 is 1.96 bits per heavy atom. The number of H-pyrrole nitrogens is 1. The van der Waals surface area contributed by atoms with E-state index in [1.54, 1.807) is 0 Å². The standard InChI is InChI=1S/C19H19N3O2/c1-19(2,3)14-6-4-5-12(9-14)16-11-13-10-15(7-8-17(23)24)21-22-18(13)20-16/h4-11H,1-3H3,(H,20,22)(H,23,24)/b8-7+. The van der Waals surface area contributed by atoms with Gasteiger partial charge in [0.05, 0.1) is 5.69 Å². The lowest BCUT2D eigenvalue weighted by Gasteiger charge is -2.19. The van der Waals surface area contributed by atoms with Gasteiger partial charge in [0.15, 0.2) is 5.65 Å². The highest BCUT2D eigenvalue weighted by Crippen LogP contribution is 2.28. The Kier molecular flexibility index (Phi) is 3.93. The highest BCUT2D eigenvalue weighted by atomic mass is 16.4. The molecule has 1 aromatic carbocycles. The van der Waals surface area contributed by atoms with Crippen molar-refractivity contribution in [3.8, 4) is 11.3 Å². The maximum absolute atomic E-state index is 10.6. The normalized spacial score (nSPS) is 12.1. The van der Waals surface area contributed by atoms with E-state index >= 15 is 0 Å². The summed E-state index contributed by atoms with van der Waals surface area (Å²) in [6, 6.07) is 12.2. The minimum Gasteiger partial charge on any atom is -0.478 e. The molecule has 5 heteroatoms. The molecule has 0 amide bonds. The zero-order valence-electron chi connectivity index (χ0n) is 13.9. The molecule has 122 valence electrons. The molecule has 0 atom stereocenters. The van der Waals surface area contributed by atoms with E-state index in [1.807, 2.05) is 18.2 Å². The maximum Gasteiger partial charge on any atom is 0.328 e. The molecular formula is C19H19N3O2. The fraction of sp³-hybridized carbons (Fsp3) is 0.211. The molecule has 2 aromatic heterocycles. The summed E-state index contributed by atoms with van der Waals surface area (Å²) in [5.41, 5.74) is 4.58. The van der Waals surface area contributed by atoms with E-state index in [4.69, 9.17) is 5.11 Å². The van der Waals surface area contributed by atoms with E-state index in [9.17, 15) is 4.79 Å². The van der Waals surface area contributed by atoms with Crippen molar-refractivity contribution in [1.82, 2.24) is 15.2 Å². The average molecular weight is 321 g/mol. The SMILES string of the molecule is CC(C)(C)c1cccc(-c2cc3cc(/C=C/C(=O)O)nnc3[nH]2)c1. The third-order valence-electron chi connectivity index (χ3n) is 3.83. The fourth-order valence-electron chi connectivity index (χ4n) is 2.50. The van der Waals surface area contributed by atoms with E-state index < -0.39 is 5.97 Å². The quantitative estimate of drug-likeness (QED) is 0.714. The number of rotatable bonds is 3. The van der Waals surface area contributed by atoms with Crippen LogP contribution in [0, 0.1) is 0 Å². The van der Waals surface area contributed by atoms with E-state index in [0.717, 1.165) is 22.7 Å². The number of hydrogen-bond acceptors (Lipinski definition) is 3. The summed E-state index contributed by atoms with van der Waals surface area (Å²) in [6.45, 7) is 6.55. The first-order valence-electron chi connectivity index (χ1n) is 7.71. The minimum atomic E-state index is -1.01. The van der Waals surface area contributed by atoms with E-state index in [1.165, 1.54) is 11.6 Å². The highest BCUT2D eigenvalue weighted by molar-refractivity contribution is 5.87. The number of fused-ring (bicyclic) bond motifs is 1. The van der Waals surface area contributed by atoms with Crippen molar-refractivity contribution in [2.24, 2.45) is 0 Å². The Morgan fingerprint density at radius 1 is 1.17 bits per heavy atom. The number of nitrogens with one attached hydrogen (secondary N) is 1. The highest BCUT2D eigenvalue weighted by Gasteiger charge is 2.14. The van der Waals surface area contributed by atoms with Gasteiger partial charge in [-0.1, -0.05) is 39.0 Å². The molecule has 0 unspecified atom stereocenters. The van der Waals surface area contributed by atoms with Crippen LogP contribution in [0.5, 0.6) is 0 Å². The lowest BCUT2D eigenvalue weighted by Crippen LogP contribution is -2.10. The van der Waals surface area contributed by atoms with Crippen LogP contribution in [0.15, 0.2) is 42.5 Å². The Bertz CT molecular complexity index is 933. The average Bonchev–Trinajstić information content (AvgIpc) is 2.95. The summed E-state index contributed by atoms with van der Waals surface area (Å²) >= 11 is 0. The van der Waals surface area contributed by atoms with Crippen LogP contribution < -0.4 is 0 Å². The Morgan fingerprint density at radius 3 is 2.67 bits per heavy atom. The number of carboxylic acid groups (broad SMARTS) is 1. The van der Waals surface area contributed by atoms with Crippen LogP contribution in [-0.4, -0.2) is 26.3 Å². The van der Waals surface area contributed by atoms with Crippen molar-refractivity contribution in [1.29, 1.82) is 0 Å². The largest absolute Gasteiger partial charge is 0.478 e. The second-order valence-corrected chi connectivity index (χ2v) is 6.76. The second-order valence-electron chi connectivity index (χ2n) is 6.76. The summed E-state index contributed by atoms with van der Waals surface area (Å²) in [7, 11) is 0. The predicted octanol–water partition coefficient (Wildman–Crippen LogP) is 4.02. The van der Waals surface area contributed by atoms with Crippen LogP contribution in [0.25, 0.3) is 28.4 Å². The van der Waals surface area contributed by atoms with Crippen LogP contribution in [0.2, 0.25) is 0 Å². The molecular weight excluding hydrogens is 302 g/mol. The number of hydrogen-bond donors (Lipinski definition) is 2. The fourth-order valence-corrected chi connectivity index (χ4v) is 2.50. The van der Waals surface area contributed by atoms with Crippen molar-refractivity contribution in [3.63, 3.8) is 0 Å². The van der Waals surface area contributed by atoms with Gasteiger partial charge in [0.2, 0.25) is 0 Å². The van der Waals surface area contributed by atoms with Gasteiger partial charge in [0.1, 0.15) is 0 Å². The maximum atomic E-state index is 10.6. The zero-order chi connectivity index (χ0) is 17.3. The van der Waals surface area contributed by atoms with Crippen LogP contribution in [0.3, 0.4) is 0 Å². The smallest absolute Gasteiger partial charge is 0.328 e. The first kappa shape index (κ1) is 15.9. The number of aliphatic carboxylic acids is 1. The Balaban J connectivity index is 2.01. The molecule has 0 aliphatic carbocycles. The second kappa shape index (κ2) is 5.92. The van der Waals surface area contributed by atoms with Gasteiger partial charge in [-0.25, -0.2) is 4.79 Å². The lowest BCUT2D eigenvalue weighted by molar-refractivity contribution is -0.131. The molecule has 2 heterocycles. The lowest BCUT2D eigenvalue weighted by atomic mass is 9.86. The van der Waals surface area contributed by atoms with Gasteiger partial charge in [0, 0.05) is 17.2 Å². The van der Waals surface area contributed by atoms with Crippen molar-refractivity contribution in [2.45, 2.75) is 26.2 Å². The monoisotopic (exact) mass is 321 g/mol. The van der Waals surface area contributed by atoms with Gasteiger partial charge in [-0.2, -0.15) is 0 Å². The molecule has 0 aliphatic heterocycles. The van der Waals surface area contributed by atoms with Gasteiger partial charge in [-0.05, 0) is 40.8 Å². The molecule has 0 bridgehead atoms. The Hall–Kier alpha value is -2.95. The van der Waals surface area contributed by atoms with Gasteiger partial charge in [-0.15, -0.1) is 10.2 Å². The summed E-state index contributed by atoms with van der Waals surface area (Å²) in [6.07, 6.45) is 2.48. The third kappa shape index (κ3) is 3.35. The van der Waals surface area contributed by atoms with Gasteiger partial charge >= 0.3 is 5.97 Å². The molecule has 0 fully saturated rings. The van der Waals surface area contributed by atoms with Crippen LogP contribution in [0.4, 0.5) is 0 Å². The predicted molar refractivity (Wildman–Crippen MR) is 94.7 cm³/mol. The summed E-state index contributed by atoms with van der Waals surface area (Å²) in [5.74, 6) is -1.01. The summed E-state index contributed by atoms with van der Waals surface area (Å²) in [4.78, 5) is 13.9. The van der Waals surface area contributed by atoms with Crippen molar-refractivity contribution >= 4 is 23.1 Å². The minimum absolute atomic E-state index is 0.0800. The molecule has 3 rings (SSSR count). The molecule has 3 aromatic rings. The molecule has 0 saturated carbocycles. The molecule has 2 N–H and O–H groups in total. The Labute approximate surface area is 140 Å². The van der Waals surface area contributed by atoms with Gasteiger partial charge < -0.3 is 10.1 Å². The number of carboxylic acids is 1. The van der Waals surface area contributed by atoms with Gasteiger partial charge in [0.25, 0.3) is 0 Å².